The molecule has 0 aliphatic rings. The highest BCUT2D eigenvalue weighted by atomic mass is 28.4. The minimum atomic E-state index is -2.48. The molecule has 0 saturated carbocycles. The van der Waals surface area contributed by atoms with Crippen LogP contribution in [0.15, 0.2) is 18.5 Å². The molecular formula is C9H16N2O3Si. The molecule has 15 heavy (non-hydrogen) atoms. The van der Waals surface area contributed by atoms with Gasteiger partial charge < -0.3 is 13.3 Å². The molecule has 0 amide bonds. The Labute approximate surface area is 90.8 Å². The average Bonchev–Trinajstić information content (AvgIpc) is 2.33. The van der Waals surface area contributed by atoms with Crippen molar-refractivity contribution in [1.29, 1.82) is 0 Å². The van der Waals surface area contributed by atoms with Crippen LogP contribution in [0.1, 0.15) is 5.82 Å². The summed E-state index contributed by atoms with van der Waals surface area (Å²) in [5.41, 5.74) is 0. The van der Waals surface area contributed by atoms with Crippen molar-refractivity contribution in [2.75, 3.05) is 21.3 Å². The average molecular weight is 228 g/mol. The van der Waals surface area contributed by atoms with Crippen molar-refractivity contribution in [3.8, 4) is 0 Å². The maximum Gasteiger partial charge on any atom is 0.500 e. The Kier molecular flexibility index (Phi) is 4.83. The smallest absolute Gasteiger partial charge is 0.377 e. The standard InChI is InChI=1S/C9H16N2O3Si/c1-12-15(13-2,14-3)8-5-9-10-6-4-7-11-9/h4,6-7H,5,8H2,1-3H3. The minimum Gasteiger partial charge on any atom is -0.377 e. The SMILES string of the molecule is CO[Si](CCc1ncccn1)(OC)OC. The fourth-order valence-electron chi connectivity index (χ4n) is 1.28. The van der Waals surface area contributed by atoms with Crippen LogP contribution in [0.2, 0.25) is 6.04 Å². The van der Waals surface area contributed by atoms with Crippen LogP contribution in [0, 0.1) is 0 Å². The molecule has 1 rings (SSSR count). The van der Waals surface area contributed by atoms with Gasteiger partial charge in [0, 0.05) is 46.2 Å². The third-order valence-corrected chi connectivity index (χ3v) is 4.94. The molecule has 0 saturated heterocycles. The Hall–Kier alpha value is -0.823. The maximum atomic E-state index is 5.30. The van der Waals surface area contributed by atoms with E-state index in [9.17, 15) is 0 Å². The van der Waals surface area contributed by atoms with Crippen LogP contribution in [0.4, 0.5) is 0 Å². The summed E-state index contributed by atoms with van der Waals surface area (Å²) in [6.07, 6.45) is 4.14. The molecule has 0 aliphatic heterocycles. The highest BCUT2D eigenvalue weighted by Crippen LogP contribution is 2.14. The summed E-state index contributed by atoms with van der Waals surface area (Å²) in [6, 6.07) is 2.47. The second-order valence-electron chi connectivity index (χ2n) is 2.96. The van der Waals surface area contributed by atoms with E-state index in [1.54, 1.807) is 39.8 Å². The van der Waals surface area contributed by atoms with E-state index in [4.69, 9.17) is 13.3 Å². The number of nitrogens with zero attached hydrogens (tertiary/aromatic N) is 2. The summed E-state index contributed by atoms with van der Waals surface area (Å²) >= 11 is 0. The summed E-state index contributed by atoms with van der Waals surface area (Å²) in [5.74, 6) is 0.778. The first-order valence-corrected chi connectivity index (χ1v) is 6.61. The molecule has 84 valence electrons. The molecule has 6 heteroatoms. The summed E-state index contributed by atoms with van der Waals surface area (Å²) in [6.45, 7) is 0. The van der Waals surface area contributed by atoms with Gasteiger partial charge in [0.05, 0.1) is 0 Å². The van der Waals surface area contributed by atoms with Gasteiger partial charge in [0.15, 0.2) is 0 Å². The predicted molar refractivity (Wildman–Crippen MR) is 57.3 cm³/mol. The van der Waals surface area contributed by atoms with Crippen molar-refractivity contribution < 1.29 is 13.3 Å². The molecule has 0 radical (unpaired) electrons. The second-order valence-corrected chi connectivity index (χ2v) is 6.05. The van der Waals surface area contributed by atoms with E-state index in [2.05, 4.69) is 9.97 Å². The van der Waals surface area contributed by atoms with E-state index < -0.39 is 8.80 Å². The number of rotatable bonds is 6. The van der Waals surface area contributed by atoms with E-state index in [0.29, 0.717) is 12.5 Å². The summed E-state index contributed by atoms with van der Waals surface area (Å²) in [7, 11) is 2.33. The first-order chi connectivity index (χ1) is 7.26. The van der Waals surface area contributed by atoms with Gasteiger partial charge in [-0.3, -0.25) is 0 Å². The fraction of sp³-hybridized carbons (Fsp3) is 0.556. The Morgan fingerprint density at radius 3 is 2.07 bits per heavy atom. The lowest BCUT2D eigenvalue weighted by molar-refractivity contribution is 0.123. The lowest BCUT2D eigenvalue weighted by atomic mass is 10.4. The molecule has 1 aromatic rings. The second kappa shape index (κ2) is 5.91. The first-order valence-electron chi connectivity index (χ1n) is 4.67. The molecule has 1 heterocycles. The normalized spacial score (nSPS) is 11.7. The summed E-state index contributed by atoms with van der Waals surface area (Å²) < 4.78 is 15.9. The number of aryl methyl sites for hydroxylation is 1. The van der Waals surface area contributed by atoms with Gasteiger partial charge in [0.25, 0.3) is 0 Å². The van der Waals surface area contributed by atoms with Gasteiger partial charge in [-0.05, 0) is 6.07 Å². The van der Waals surface area contributed by atoms with Crippen LogP contribution in [0.5, 0.6) is 0 Å². The van der Waals surface area contributed by atoms with Gasteiger partial charge >= 0.3 is 8.80 Å². The van der Waals surface area contributed by atoms with Crippen molar-refractivity contribution in [3.63, 3.8) is 0 Å². The number of aromatic nitrogens is 2. The van der Waals surface area contributed by atoms with Crippen molar-refractivity contribution in [1.82, 2.24) is 9.97 Å². The van der Waals surface area contributed by atoms with Crippen LogP contribution in [0.25, 0.3) is 0 Å². The third-order valence-electron chi connectivity index (χ3n) is 2.21. The maximum absolute atomic E-state index is 5.30. The molecule has 0 bridgehead atoms. The zero-order valence-corrected chi connectivity index (χ0v) is 10.3. The van der Waals surface area contributed by atoms with Gasteiger partial charge in [0.1, 0.15) is 5.82 Å². The van der Waals surface area contributed by atoms with Crippen LogP contribution in [-0.4, -0.2) is 40.1 Å². The zero-order valence-electron chi connectivity index (χ0n) is 9.27. The van der Waals surface area contributed by atoms with Crippen molar-refractivity contribution >= 4 is 8.80 Å². The molecule has 0 aromatic carbocycles. The van der Waals surface area contributed by atoms with Crippen molar-refractivity contribution in [2.45, 2.75) is 12.5 Å². The van der Waals surface area contributed by atoms with Crippen molar-refractivity contribution in [2.24, 2.45) is 0 Å². The quantitative estimate of drug-likeness (QED) is 0.677. The Morgan fingerprint density at radius 2 is 1.60 bits per heavy atom. The molecule has 0 aliphatic carbocycles. The lowest BCUT2D eigenvalue weighted by Crippen LogP contribution is -2.43. The van der Waals surface area contributed by atoms with E-state index in [1.165, 1.54) is 0 Å². The van der Waals surface area contributed by atoms with Crippen LogP contribution in [0.3, 0.4) is 0 Å². The molecule has 0 spiro atoms. The minimum absolute atomic E-state index is 0.681. The Bertz CT molecular complexity index is 272. The Balaban J connectivity index is 2.54. The third kappa shape index (κ3) is 3.35. The monoisotopic (exact) mass is 228 g/mol. The molecular weight excluding hydrogens is 212 g/mol. The molecule has 5 nitrogen and oxygen atoms in total. The van der Waals surface area contributed by atoms with Gasteiger partial charge in [-0.15, -0.1) is 0 Å². The molecule has 1 aromatic heterocycles. The van der Waals surface area contributed by atoms with Gasteiger partial charge in [0.2, 0.25) is 0 Å². The van der Waals surface area contributed by atoms with Crippen LogP contribution in [-0.2, 0) is 19.7 Å². The molecule has 0 atom stereocenters. The fourth-order valence-corrected chi connectivity index (χ4v) is 2.92. The van der Waals surface area contributed by atoms with E-state index in [-0.39, 0.29) is 0 Å². The zero-order chi connectivity index (χ0) is 11.1. The van der Waals surface area contributed by atoms with E-state index >= 15 is 0 Å². The van der Waals surface area contributed by atoms with Crippen LogP contribution < -0.4 is 0 Å². The summed E-state index contributed by atoms with van der Waals surface area (Å²) in [5, 5.41) is 0. The summed E-state index contributed by atoms with van der Waals surface area (Å²) in [4.78, 5) is 8.26. The molecule has 0 N–H and O–H groups in total. The molecule has 0 unspecified atom stereocenters. The van der Waals surface area contributed by atoms with Gasteiger partial charge in [-0.25, -0.2) is 9.97 Å². The van der Waals surface area contributed by atoms with E-state index in [1.807, 2.05) is 0 Å². The van der Waals surface area contributed by atoms with Crippen molar-refractivity contribution in [3.05, 3.63) is 24.3 Å². The topological polar surface area (TPSA) is 53.5 Å². The lowest BCUT2D eigenvalue weighted by Gasteiger charge is -2.23. The predicted octanol–water partition coefficient (Wildman–Crippen LogP) is 0.897. The molecule has 0 fully saturated rings. The highest BCUT2D eigenvalue weighted by Gasteiger charge is 2.37. The van der Waals surface area contributed by atoms with Gasteiger partial charge in [-0.2, -0.15) is 0 Å². The Morgan fingerprint density at radius 1 is 1.07 bits per heavy atom. The number of hydrogen-bond donors (Lipinski definition) is 0. The van der Waals surface area contributed by atoms with E-state index in [0.717, 1.165) is 5.82 Å². The highest BCUT2D eigenvalue weighted by molar-refractivity contribution is 6.60. The van der Waals surface area contributed by atoms with Gasteiger partial charge in [-0.1, -0.05) is 0 Å². The first kappa shape index (κ1) is 12.2. The number of hydrogen-bond acceptors (Lipinski definition) is 5. The largest absolute Gasteiger partial charge is 0.500 e. The van der Waals surface area contributed by atoms with Crippen LogP contribution >= 0.6 is 0 Å².